The summed E-state index contributed by atoms with van der Waals surface area (Å²) in [4.78, 5) is 26.7. The Labute approximate surface area is 144 Å². The molecule has 1 saturated heterocycles. The minimum atomic E-state index is -0.519. The van der Waals surface area contributed by atoms with Crippen LogP contribution >= 0.6 is 11.8 Å². The molecule has 1 fully saturated rings. The number of nitrogens with one attached hydrogen (secondary N) is 1. The van der Waals surface area contributed by atoms with E-state index in [0.717, 1.165) is 11.3 Å². The van der Waals surface area contributed by atoms with Gasteiger partial charge in [-0.1, -0.05) is 0 Å². The number of amides is 2. The summed E-state index contributed by atoms with van der Waals surface area (Å²) in [6.45, 7) is 1.81. The first-order chi connectivity index (χ1) is 11.6. The largest absolute Gasteiger partial charge is 0.497 e. The molecule has 1 aromatic heterocycles. The van der Waals surface area contributed by atoms with Crippen LogP contribution in [0.2, 0.25) is 0 Å². The molecule has 0 aliphatic carbocycles. The molecule has 7 heteroatoms. The maximum atomic E-state index is 12.6. The average Bonchev–Trinajstić information content (AvgIpc) is 3.24. The normalized spacial score (nSPS) is 16.9. The van der Waals surface area contributed by atoms with Gasteiger partial charge in [0.15, 0.2) is 5.76 Å². The van der Waals surface area contributed by atoms with E-state index < -0.39 is 6.04 Å². The molecule has 1 aromatic carbocycles. The maximum absolute atomic E-state index is 12.6. The van der Waals surface area contributed by atoms with Crippen molar-refractivity contribution >= 4 is 29.3 Å². The lowest BCUT2D eigenvalue weighted by atomic mass is 10.2. The molecule has 0 saturated carbocycles. The third-order valence-electron chi connectivity index (χ3n) is 3.86. The number of benzene rings is 1. The fourth-order valence-corrected chi connectivity index (χ4v) is 3.64. The Balaban J connectivity index is 1.71. The van der Waals surface area contributed by atoms with Crippen molar-refractivity contribution in [1.82, 2.24) is 4.90 Å². The summed E-state index contributed by atoms with van der Waals surface area (Å²) in [6, 6.07) is 8.29. The molecule has 0 spiro atoms. The minimum Gasteiger partial charge on any atom is -0.497 e. The summed E-state index contributed by atoms with van der Waals surface area (Å²) in [5, 5.41) is 2.85. The highest BCUT2D eigenvalue weighted by atomic mass is 32.2. The number of carbonyl (C=O) groups is 2. The van der Waals surface area contributed by atoms with Gasteiger partial charge >= 0.3 is 0 Å². The third kappa shape index (κ3) is 3.26. The second kappa shape index (κ2) is 7.00. The van der Waals surface area contributed by atoms with Gasteiger partial charge in [0.05, 0.1) is 19.2 Å². The number of rotatable bonds is 4. The van der Waals surface area contributed by atoms with Crippen molar-refractivity contribution in [1.29, 1.82) is 0 Å². The van der Waals surface area contributed by atoms with Crippen molar-refractivity contribution in [3.63, 3.8) is 0 Å². The number of methoxy groups -OCH3 is 1. The van der Waals surface area contributed by atoms with Gasteiger partial charge in [0.1, 0.15) is 11.8 Å². The second-order valence-electron chi connectivity index (χ2n) is 5.44. The number of aryl methyl sites for hydroxylation is 1. The van der Waals surface area contributed by atoms with E-state index in [9.17, 15) is 9.59 Å². The maximum Gasteiger partial charge on any atom is 0.291 e. The lowest BCUT2D eigenvalue weighted by Crippen LogP contribution is -2.44. The number of nitrogens with zero attached hydrogens (tertiary/aromatic N) is 1. The van der Waals surface area contributed by atoms with Crippen LogP contribution in [0.5, 0.6) is 5.75 Å². The molecule has 126 valence electrons. The molecular formula is C17H18N2O4S. The minimum absolute atomic E-state index is 0.206. The molecular weight excluding hydrogens is 328 g/mol. The van der Waals surface area contributed by atoms with E-state index in [1.165, 1.54) is 6.26 Å². The highest BCUT2D eigenvalue weighted by Gasteiger charge is 2.36. The molecule has 0 radical (unpaired) electrons. The molecule has 1 aliphatic rings. The SMILES string of the molecule is COc1ccc(NC(=O)[C@H]2CSCN2C(=O)c2occc2C)cc1. The number of carbonyl (C=O) groups excluding carboxylic acids is 2. The molecule has 1 N–H and O–H groups in total. The summed E-state index contributed by atoms with van der Waals surface area (Å²) < 4.78 is 10.4. The Morgan fingerprint density at radius 2 is 2.04 bits per heavy atom. The summed E-state index contributed by atoms with van der Waals surface area (Å²) in [6.07, 6.45) is 1.48. The predicted molar refractivity (Wildman–Crippen MR) is 92.4 cm³/mol. The molecule has 3 rings (SSSR count). The van der Waals surface area contributed by atoms with Crippen LogP contribution in [0.3, 0.4) is 0 Å². The molecule has 2 aromatic rings. The Morgan fingerprint density at radius 1 is 1.29 bits per heavy atom. The molecule has 2 heterocycles. The smallest absolute Gasteiger partial charge is 0.291 e. The Morgan fingerprint density at radius 3 is 2.67 bits per heavy atom. The third-order valence-corrected chi connectivity index (χ3v) is 4.87. The van der Waals surface area contributed by atoms with Gasteiger partial charge in [-0.15, -0.1) is 11.8 Å². The van der Waals surface area contributed by atoms with E-state index in [-0.39, 0.29) is 11.8 Å². The number of hydrogen-bond donors (Lipinski definition) is 1. The van der Waals surface area contributed by atoms with Crippen molar-refractivity contribution in [2.75, 3.05) is 24.1 Å². The van der Waals surface area contributed by atoms with Gasteiger partial charge < -0.3 is 19.4 Å². The van der Waals surface area contributed by atoms with Crippen molar-refractivity contribution < 1.29 is 18.7 Å². The van der Waals surface area contributed by atoms with Crippen molar-refractivity contribution in [3.05, 3.63) is 47.9 Å². The summed E-state index contributed by atoms with van der Waals surface area (Å²) in [5.41, 5.74) is 1.44. The first-order valence-corrected chi connectivity index (χ1v) is 8.63. The molecule has 1 atom stereocenters. The Hall–Kier alpha value is -2.41. The molecule has 24 heavy (non-hydrogen) atoms. The summed E-state index contributed by atoms with van der Waals surface area (Å²) in [5.74, 6) is 1.59. The van der Waals surface area contributed by atoms with Crippen LogP contribution in [0, 0.1) is 6.92 Å². The number of thioether (sulfide) groups is 1. The van der Waals surface area contributed by atoms with E-state index >= 15 is 0 Å². The zero-order chi connectivity index (χ0) is 17.1. The fourth-order valence-electron chi connectivity index (χ4n) is 2.48. The number of anilines is 1. The standard InChI is InChI=1S/C17H18N2O4S/c1-11-7-8-23-15(11)17(21)19-10-24-9-14(19)16(20)18-12-3-5-13(22-2)6-4-12/h3-8,14H,9-10H2,1-2H3,(H,18,20)/t14-/m1/s1. The quantitative estimate of drug-likeness (QED) is 0.922. The topological polar surface area (TPSA) is 71.8 Å². The lowest BCUT2D eigenvalue weighted by molar-refractivity contribution is -0.119. The lowest BCUT2D eigenvalue weighted by Gasteiger charge is -2.22. The van der Waals surface area contributed by atoms with E-state index in [2.05, 4.69) is 5.32 Å². The van der Waals surface area contributed by atoms with E-state index in [4.69, 9.17) is 9.15 Å². The summed E-state index contributed by atoms with van der Waals surface area (Å²) >= 11 is 1.55. The number of ether oxygens (including phenoxy) is 1. The number of furan rings is 1. The van der Waals surface area contributed by atoms with Gasteiger partial charge in [0.2, 0.25) is 5.91 Å². The highest BCUT2D eigenvalue weighted by molar-refractivity contribution is 7.99. The zero-order valence-electron chi connectivity index (χ0n) is 13.4. The average molecular weight is 346 g/mol. The van der Waals surface area contributed by atoms with Gasteiger partial charge in [0.25, 0.3) is 5.91 Å². The van der Waals surface area contributed by atoms with Crippen LogP contribution in [-0.2, 0) is 4.79 Å². The first-order valence-electron chi connectivity index (χ1n) is 7.48. The van der Waals surface area contributed by atoms with E-state index in [0.29, 0.717) is 23.1 Å². The van der Waals surface area contributed by atoms with Gasteiger partial charge in [-0.2, -0.15) is 0 Å². The van der Waals surface area contributed by atoms with Crippen LogP contribution in [0.15, 0.2) is 41.0 Å². The Kier molecular flexibility index (Phi) is 4.80. The monoisotopic (exact) mass is 346 g/mol. The molecule has 0 unspecified atom stereocenters. The molecule has 6 nitrogen and oxygen atoms in total. The van der Waals surface area contributed by atoms with Gasteiger partial charge in [-0.3, -0.25) is 9.59 Å². The van der Waals surface area contributed by atoms with Crippen LogP contribution < -0.4 is 10.1 Å². The van der Waals surface area contributed by atoms with Gasteiger partial charge in [-0.25, -0.2) is 0 Å². The molecule has 1 aliphatic heterocycles. The predicted octanol–water partition coefficient (Wildman–Crippen LogP) is 2.75. The second-order valence-corrected chi connectivity index (χ2v) is 6.44. The zero-order valence-corrected chi connectivity index (χ0v) is 14.3. The van der Waals surface area contributed by atoms with Gasteiger partial charge in [-0.05, 0) is 37.3 Å². The first kappa shape index (κ1) is 16.4. The van der Waals surface area contributed by atoms with Crippen molar-refractivity contribution in [2.45, 2.75) is 13.0 Å². The molecule has 0 bridgehead atoms. The Bertz CT molecular complexity index is 741. The van der Waals surface area contributed by atoms with Gasteiger partial charge in [0, 0.05) is 17.0 Å². The van der Waals surface area contributed by atoms with Crippen LogP contribution in [0.25, 0.3) is 0 Å². The van der Waals surface area contributed by atoms with Crippen LogP contribution in [0.4, 0.5) is 5.69 Å². The van der Waals surface area contributed by atoms with Crippen molar-refractivity contribution in [2.24, 2.45) is 0 Å². The van der Waals surface area contributed by atoms with Crippen molar-refractivity contribution in [3.8, 4) is 5.75 Å². The number of hydrogen-bond acceptors (Lipinski definition) is 5. The van der Waals surface area contributed by atoms with E-state index in [1.807, 2.05) is 6.92 Å². The van der Waals surface area contributed by atoms with Crippen LogP contribution in [0.1, 0.15) is 16.1 Å². The highest BCUT2D eigenvalue weighted by Crippen LogP contribution is 2.26. The molecule has 2 amide bonds. The fraction of sp³-hybridized carbons (Fsp3) is 0.294. The van der Waals surface area contributed by atoms with Crippen LogP contribution in [-0.4, -0.2) is 41.5 Å². The van der Waals surface area contributed by atoms with E-state index in [1.54, 1.807) is 54.1 Å². The summed E-state index contributed by atoms with van der Waals surface area (Å²) in [7, 11) is 1.59.